The minimum absolute atomic E-state index is 0.0360. The number of amides is 3. The summed E-state index contributed by atoms with van der Waals surface area (Å²) in [5, 5.41) is 13.9. The van der Waals surface area contributed by atoms with E-state index >= 15 is 0 Å². The zero-order valence-electron chi connectivity index (χ0n) is 21.3. The van der Waals surface area contributed by atoms with Gasteiger partial charge in [-0.05, 0) is 51.2 Å². The fraction of sp³-hybridized carbons (Fsp3) is 0.833. The highest BCUT2D eigenvalue weighted by atomic mass is 32.2. The minimum Gasteiger partial charge on any atom is -0.450 e. The van der Waals surface area contributed by atoms with Crippen LogP contribution in [-0.4, -0.2) is 70.4 Å². The van der Waals surface area contributed by atoms with Gasteiger partial charge in [0.15, 0.2) is 0 Å². The number of nitrogens with two attached hydrogens (primary N) is 1. The van der Waals surface area contributed by atoms with E-state index in [0.717, 1.165) is 12.8 Å². The van der Waals surface area contributed by atoms with Crippen LogP contribution in [0.25, 0.3) is 0 Å². The maximum Gasteiger partial charge on any atom is 0.407 e. The van der Waals surface area contributed by atoms with Crippen LogP contribution in [-0.2, 0) is 14.3 Å². The molecule has 0 spiro atoms. The maximum absolute atomic E-state index is 13.9. The molecule has 10 heteroatoms. The quantitative estimate of drug-likeness (QED) is 0.270. The van der Waals surface area contributed by atoms with Gasteiger partial charge in [-0.2, -0.15) is 11.8 Å². The fourth-order valence-corrected chi connectivity index (χ4v) is 6.48. The lowest BCUT2D eigenvalue weighted by atomic mass is 9.89. The maximum atomic E-state index is 13.9. The Balaban J connectivity index is 2.23. The number of amidine groups is 1. The molecule has 3 amide bonds. The summed E-state index contributed by atoms with van der Waals surface area (Å²) in [4.78, 5) is 40.9. The Morgan fingerprint density at radius 1 is 1.21 bits per heavy atom. The molecule has 2 aliphatic rings. The zero-order valence-corrected chi connectivity index (χ0v) is 22.1. The topological polar surface area (TPSA) is 138 Å². The molecular weight excluding hydrogens is 454 g/mol. The molecule has 34 heavy (non-hydrogen) atoms. The second-order valence-corrected chi connectivity index (χ2v) is 12.4. The molecule has 0 aromatic rings. The van der Waals surface area contributed by atoms with Gasteiger partial charge >= 0.3 is 6.09 Å². The number of ether oxygens (including phenoxy) is 1. The van der Waals surface area contributed by atoms with Gasteiger partial charge in [0, 0.05) is 23.8 Å². The number of alkyl carbamates (subject to hydrolysis) is 1. The van der Waals surface area contributed by atoms with Crippen LogP contribution in [0.1, 0.15) is 73.1 Å². The van der Waals surface area contributed by atoms with Crippen LogP contribution in [0.5, 0.6) is 0 Å². The van der Waals surface area contributed by atoms with E-state index in [4.69, 9.17) is 15.9 Å². The summed E-state index contributed by atoms with van der Waals surface area (Å²) in [5.41, 5.74) is 5.78. The van der Waals surface area contributed by atoms with Crippen LogP contribution in [0.15, 0.2) is 0 Å². The van der Waals surface area contributed by atoms with E-state index in [1.807, 2.05) is 27.7 Å². The summed E-state index contributed by atoms with van der Waals surface area (Å²) in [5.74, 6) is -0.532. The number of thioether (sulfide) groups is 1. The van der Waals surface area contributed by atoms with Crippen molar-refractivity contribution in [3.8, 4) is 0 Å². The molecule has 1 saturated carbocycles. The Bertz CT molecular complexity index is 739. The number of likely N-dealkylation sites (tertiary alicyclic amines) is 1. The first-order valence-corrected chi connectivity index (χ1v) is 13.4. The first-order valence-electron chi connectivity index (χ1n) is 12.5. The predicted molar refractivity (Wildman–Crippen MR) is 136 cm³/mol. The van der Waals surface area contributed by atoms with Crippen molar-refractivity contribution in [1.29, 1.82) is 5.41 Å². The summed E-state index contributed by atoms with van der Waals surface area (Å²) >= 11 is 1.57. The Morgan fingerprint density at radius 2 is 1.85 bits per heavy atom. The second kappa shape index (κ2) is 12.7. The monoisotopic (exact) mass is 497 g/mol. The minimum atomic E-state index is -0.904. The van der Waals surface area contributed by atoms with Crippen LogP contribution in [0, 0.1) is 17.2 Å². The van der Waals surface area contributed by atoms with E-state index in [2.05, 4.69) is 10.6 Å². The van der Waals surface area contributed by atoms with Crippen molar-refractivity contribution in [3.05, 3.63) is 0 Å². The molecule has 0 aromatic heterocycles. The van der Waals surface area contributed by atoms with Crippen LogP contribution in [0.2, 0.25) is 0 Å². The van der Waals surface area contributed by atoms with Crippen LogP contribution < -0.4 is 16.4 Å². The van der Waals surface area contributed by atoms with E-state index in [0.29, 0.717) is 18.9 Å². The predicted octanol–water partition coefficient (Wildman–Crippen LogP) is 2.87. The largest absolute Gasteiger partial charge is 0.450 e. The average Bonchev–Trinajstić information content (AvgIpc) is 3.21. The van der Waals surface area contributed by atoms with Gasteiger partial charge in [0.25, 0.3) is 0 Å². The molecule has 1 aliphatic carbocycles. The third kappa shape index (κ3) is 7.78. The standard InChI is InChI=1S/C24H43N5O4S/c1-6-33-23(32)28-19(24(4,5)34-15(2)3)22(31)29-14-17(20(25)26)12-18(29)21(30)27-13-16-10-8-7-9-11-16/h15-19H,6-14H2,1-5H3,(H3,25,26)(H,27,30)(H,28,32)/t17-,18+,19-/m1/s1. The highest BCUT2D eigenvalue weighted by Crippen LogP contribution is 2.35. The lowest BCUT2D eigenvalue weighted by Crippen LogP contribution is -2.60. The molecule has 1 saturated heterocycles. The van der Waals surface area contributed by atoms with Crippen molar-refractivity contribution in [3.63, 3.8) is 0 Å². The van der Waals surface area contributed by atoms with Gasteiger partial charge in [-0.1, -0.05) is 33.1 Å². The van der Waals surface area contributed by atoms with E-state index in [-0.39, 0.29) is 36.1 Å². The van der Waals surface area contributed by atoms with Gasteiger partial charge in [-0.15, -0.1) is 0 Å². The van der Waals surface area contributed by atoms with Crippen LogP contribution in [0.3, 0.4) is 0 Å². The molecule has 0 aromatic carbocycles. The van der Waals surface area contributed by atoms with Crippen molar-refractivity contribution >= 4 is 35.5 Å². The lowest BCUT2D eigenvalue weighted by molar-refractivity contribution is -0.140. The highest BCUT2D eigenvalue weighted by Gasteiger charge is 2.47. The Hall–Kier alpha value is -1.97. The first kappa shape index (κ1) is 28.3. The summed E-state index contributed by atoms with van der Waals surface area (Å²) in [6, 6.07) is -1.63. The van der Waals surface area contributed by atoms with Gasteiger partial charge in [0.1, 0.15) is 12.1 Å². The molecule has 3 atom stereocenters. The summed E-state index contributed by atoms with van der Waals surface area (Å²) in [6.45, 7) is 10.5. The van der Waals surface area contributed by atoms with Crippen molar-refractivity contribution in [1.82, 2.24) is 15.5 Å². The van der Waals surface area contributed by atoms with Crippen molar-refractivity contribution in [2.75, 3.05) is 19.7 Å². The number of nitrogens with zero attached hydrogens (tertiary/aromatic N) is 1. The number of hydrogen-bond acceptors (Lipinski definition) is 6. The summed E-state index contributed by atoms with van der Waals surface area (Å²) < 4.78 is 4.40. The average molecular weight is 498 g/mol. The fourth-order valence-electron chi connectivity index (χ4n) is 4.97. The SMILES string of the molecule is CCOC(=O)N[C@H](C(=O)N1C[C@H](C(=N)N)C[C@H]1C(=O)NCC1CCCCC1)C(C)(C)SC(C)C. The van der Waals surface area contributed by atoms with Gasteiger partial charge in [-0.3, -0.25) is 15.0 Å². The van der Waals surface area contributed by atoms with E-state index in [1.54, 1.807) is 18.7 Å². The van der Waals surface area contributed by atoms with Crippen LogP contribution in [0.4, 0.5) is 4.79 Å². The van der Waals surface area contributed by atoms with Gasteiger partial charge in [0.05, 0.1) is 12.4 Å². The normalized spacial score (nSPS) is 22.4. The molecule has 0 unspecified atom stereocenters. The van der Waals surface area contributed by atoms with Crippen molar-refractivity contribution in [2.24, 2.45) is 17.6 Å². The number of nitrogens with one attached hydrogen (secondary N) is 3. The molecule has 5 N–H and O–H groups in total. The number of hydrogen-bond donors (Lipinski definition) is 4. The third-order valence-corrected chi connectivity index (χ3v) is 7.95. The summed E-state index contributed by atoms with van der Waals surface area (Å²) in [6.07, 6.45) is 5.47. The number of carbonyl (C=O) groups excluding carboxylic acids is 3. The molecule has 0 radical (unpaired) electrons. The molecule has 2 rings (SSSR count). The molecule has 194 valence electrons. The van der Waals surface area contributed by atoms with E-state index < -0.39 is 28.8 Å². The molecule has 9 nitrogen and oxygen atoms in total. The highest BCUT2D eigenvalue weighted by molar-refractivity contribution is 8.01. The van der Waals surface area contributed by atoms with Gasteiger partial charge in [-0.25, -0.2) is 4.79 Å². The summed E-state index contributed by atoms with van der Waals surface area (Å²) in [7, 11) is 0. The molecule has 1 heterocycles. The first-order chi connectivity index (χ1) is 16.0. The number of carbonyl (C=O) groups is 3. The Kier molecular flexibility index (Phi) is 10.5. The second-order valence-electron chi connectivity index (χ2n) is 10.2. The Labute approximate surface area is 208 Å². The Morgan fingerprint density at radius 3 is 2.41 bits per heavy atom. The van der Waals surface area contributed by atoms with Crippen LogP contribution >= 0.6 is 11.8 Å². The van der Waals surface area contributed by atoms with Crippen molar-refractivity contribution < 1.29 is 19.1 Å². The smallest absolute Gasteiger partial charge is 0.407 e. The van der Waals surface area contributed by atoms with Gasteiger partial charge < -0.3 is 26.0 Å². The number of rotatable bonds is 10. The van der Waals surface area contributed by atoms with E-state index in [9.17, 15) is 14.4 Å². The molecule has 2 fully saturated rings. The van der Waals surface area contributed by atoms with E-state index in [1.165, 1.54) is 24.2 Å². The molecule has 1 aliphatic heterocycles. The molecule has 0 bridgehead atoms. The third-order valence-electron chi connectivity index (χ3n) is 6.64. The molecular formula is C24H43N5O4S. The van der Waals surface area contributed by atoms with Gasteiger partial charge in [0.2, 0.25) is 11.8 Å². The van der Waals surface area contributed by atoms with Crippen molar-refractivity contribution in [2.45, 2.75) is 95.2 Å². The lowest BCUT2D eigenvalue weighted by Gasteiger charge is -2.38. The zero-order chi connectivity index (χ0) is 25.5.